The number of alkyl halides is 3. The Bertz CT molecular complexity index is 772. The molecule has 0 aliphatic rings. The van der Waals surface area contributed by atoms with Crippen LogP contribution in [-0.2, 0) is 12.6 Å². The maximum Gasteiger partial charge on any atom is 0.419 e. The number of amides is 2. The molecule has 25 heavy (non-hydrogen) atoms. The molecule has 0 aliphatic heterocycles. The van der Waals surface area contributed by atoms with Crippen molar-refractivity contribution < 1.29 is 22.4 Å². The van der Waals surface area contributed by atoms with Crippen LogP contribution in [0.4, 0.5) is 28.0 Å². The summed E-state index contributed by atoms with van der Waals surface area (Å²) in [5, 5.41) is 4.62. The molecule has 0 saturated carbocycles. The van der Waals surface area contributed by atoms with Gasteiger partial charge in [-0.15, -0.1) is 0 Å². The van der Waals surface area contributed by atoms with E-state index >= 15 is 0 Å². The fourth-order valence-electron chi connectivity index (χ4n) is 2.45. The Balaban J connectivity index is 1.95. The summed E-state index contributed by atoms with van der Waals surface area (Å²) in [6.45, 7) is 4.21. The van der Waals surface area contributed by atoms with Crippen molar-refractivity contribution in [3.05, 3.63) is 64.5 Å². The minimum absolute atomic E-state index is 0.274. The molecule has 0 heterocycles. The zero-order valence-corrected chi connectivity index (χ0v) is 13.8. The van der Waals surface area contributed by atoms with Gasteiger partial charge in [0.15, 0.2) is 5.82 Å². The number of hydrogen-bond donors (Lipinski definition) is 2. The maximum absolute atomic E-state index is 13.8. The second-order valence-corrected chi connectivity index (χ2v) is 5.73. The Labute approximate surface area is 143 Å². The van der Waals surface area contributed by atoms with Gasteiger partial charge in [0, 0.05) is 6.54 Å². The van der Waals surface area contributed by atoms with Crippen LogP contribution in [0.3, 0.4) is 0 Å². The number of carbonyl (C=O) groups is 1. The van der Waals surface area contributed by atoms with Gasteiger partial charge in [-0.3, -0.25) is 0 Å². The van der Waals surface area contributed by atoms with Gasteiger partial charge in [-0.25, -0.2) is 9.18 Å². The molecule has 7 heteroatoms. The van der Waals surface area contributed by atoms with E-state index in [2.05, 4.69) is 10.6 Å². The highest BCUT2D eigenvalue weighted by atomic mass is 19.4. The lowest BCUT2D eigenvalue weighted by molar-refractivity contribution is -0.139. The van der Waals surface area contributed by atoms with E-state index in [1.165, 1.54) is 0 Å². The van der Waals surface area contributed by atoms with E-state index in [-0.39, 0.29) is 6.54 Å². The molecule has 2 amide bonds. The van der Waals surface area contributed by atoms with Gasteiger partial charge >= 0.3 is 12.2 Å². The van der Waals surface area contributed by atoms with Crippen LogP contribution in [-0.4, -0.2) is 12.6 Å². The van der Waals surface area contributed by atoms with Crippen LogP contribution in [0.1, 0.15) is 22.3 Å². The topological polar surface area (TPSA) is 41.1 Å². The van der Waals surface area contributed by atoms with E-state index < -0.39 is 29.3 Å². The van der Waals surface area contributed by atoms with Crippen LogP contribution >= 0.6 is 0 Å². The summed E-state index contributed by atoms with van der Waals surface area (Å²) in [7, 11) is 0. The van der Waals surface area contributed by atoms with Gasteiger partial charge in [-0.05, 0) is 43.5 Å². The molecular weight excluding hydrogens is 336 g/mol. The highest BCUT2D eigenvalue weighted by molar-refractivity contribution is 5.89. The number of hydrogen-bond acceptors (Lipinski definition) is 1. The molecular formula is C18H18F4N2O. The highest BCUT2D eigenvalue weighted by Crippen LogP contribution is 2.33. The van der Waals surface area contributed by atoms with Crippen LogP contribution in [0.15, 0.2) is 36.4 Å². The second kappa shape index (κ2) is 7.55. The molecule has 0 unspecified atom stereocenters. The molecule has 2 aromatic rings. The number of benzene rings is 2. The Morgan fingerprint density at radius 1 is 1.12 bits per heavy atom. The predicted molar refractivity (Wildman–Crippen MR) is 88.0 cm³/mol. The summed E-state index contributed by atoms with van der Waals surface area (Å²) in [6.07, 6.45) is -4.26. The molecule has 0 saturated heterocycles. The monoisotopic (exact) mass is 354 g/mol. The van der Waals surface area contributed by atoms with E-state index in [0.717, 1.165) is 28.8 Å². The third-order valence-electron chi connectivity index (χ3n) is 3.73. The SMILES string of the molecule is Cc1ccc(CCNC(=O)Nc2cccc(C(F)(F)F)c2F)c(C)c1. The largest absolute Gasteiger partial charge is 0.419 e. The molecule has 0 atom stereocenters. The number of carbonyl (C=O) groups excluding carboxylic acids is 1. The Hall–Kier alpha value is -2.57. The summed E-state index contributed by atoms with van der Waals surface area (Å²) in [5.41, 5.74) is 1.34. The summed E-state index contributed by atoms with van der Waals surface area (Å²) in [4.78, 5) is 11.8. The molecule has 134 valence electrons. The third kappa shape index (κ3) is 4.95. The van der Waals surface area contributed by atoms with Crippen molar-refractivity contribution in [1.29, 1.82) is 0 Å². The quantitative estimate of drug-likeness (QED) is 0.759. The number of nitrogens with one attached hydrogen (secondary N) is 2. The van der Waals surface area contributed by atoms with Crippen molar-refractivity contribution in [3.63, 3.8) is 0 Å². The molecule has 0 aromatic heterocycles. The van der Waals surface area contributed by atoms with E-state index in [1.807, 2.05) is 32.0 Å². The molecule has 3 nitrogen and oxygen atoms in total. The van der Waals surface area contributed by atoms with Crippen molar-refractivity contribution in [3.8, 4) is 0 Å². The summed E-state index contributed by atoms with van der Waals surface area (Å²) < 4.78 is 51.8. The van der Waals surface area contributed by atoms with Gasteiger partial charge in [0.2, 0.25) is 0 Å². The van der Waals surface area contributed by atoms with Gasteiger partial charge in [-0.1, -0.05) is 29.8 Å². The minimum Gasteiger partial charge on any atom is -0.338 e. The van der Waals surface area contributed by atoms with Crippen LogP contribution in [0.25, 0.3) is 0 Å². The fraction of sp³-hybridized carbons (Fsp3) is 0.278. The minimum atomic E-state index is -4.82. The van der Waals surface area contributed by atoms with Crippen LogP contribution in [0.2, 0.25) is 0 Å². The molecule has 0 radical (unpaired) electrons. The van der Waals surface area contributed by atoms with Crippen LogP contribution in [0.5, 0.6) is 0 Å². The first-order chi connectivity index (χ1) is 11.7. The first-order valence-corrected chi connectivity index (χ1v) is 7.65. The van der Waals surface area contributed by atoms with Crippen molar-refractivity contribution in [1.82, 2.24) is 5.32 Å². The normalized spacial score (nSPS) is 11.3. The van der Waals surface area contributed by atoms with Crippen LogP contribution < -0.4 is 10.6 Å². The standard InChI is InChI=1S/C18H18F4N2O/c1-11-6-7-13(12(2)10-11)8-9-23-17(25)24-15-5-3-4-14(16(15)19)18(20,21)22/h3-7,10H,8-9H2,1-2H3,(H2,23,24,25). The van der Waals surface area contributed by atoms with Crippen molar-refractivity contribution in [2.75, 3.05) is 11.9 Å². The lowest BCUT2D eigenvalue weighted by Crippen LogP contribution is -2.31. The summed E-state index contributed by atoms with van der Waals surface area (Å²) >= 11 is 0. The Kier molecular flexibility index (Phi) is 5.66. The number of aryl methyl sites for hydroxylation is 2. The van der Waals surface area contributed by atoms with Gasteiger partial charge < -0.3 is 10.6 Å². The fourth-order valence-corrected chi connectivity index (χ4v) is 2.45. The molecule has 2 N–H and O–H groups in total. The van der Waals surface area contributed by atoms with Crippen molar-refractivity contribution >= 4 is 11.7 Å². The molecule has 2 aromatic carbocycles. The average molecular weight is 354 g/mol. The maximum atomic E-state index is 13.8. The molecule has 2 rings (SSSR count). The third-order valence-corrected chi connectivity index (χ3v) is 3.73. The van der Waals surface area contributed by atoms with Crippen LogP contribution in [0, 0.1) is 19.7 Å². The zero-order chi connectivity index (χ0) is 18.6. The first-order valence-electron chi connectivity index (χ1n) is 7.65. The molecule has 0 spiro atoms. The van der Waals surface area contributed by atoms with Crippen molar-refractivity contribution in [2.45, 2.75) is 26.4 Å². The average Bonchev–Trinajstić information content (AvgIpc) is 2.50. The Morgan fingerprint density at radius 3 is 2.48 bits per heavy atom. The van der Waals surface area contributed by atoms with E-state index in [1.54, 1.807) is 0 Å². The predicted octanol–water partition coefficient (Wildman–Crippen LogP) is 4.83. The van der Waals surface area contributed by atoms with Crippen molar-refractivity contribution in [2.24, 2.45) is 0 Å². The van der Waals surface area contributed by atoms with Gasteiger partial charge in [0.1, 0.15) is 0 Å². The van der Waals surface area contributed by atoms with E-state index in [4.69, 9.17) is 0 Å². The summed E-state index contributed by atoms with van der Waals surface area (Å²) in [5.74, 6) is -1.50. The molecule has 0 bridgehead atoms. The number of anilines is 1. The zero-order valence-electron chi connectivity index (χ0n) is 13.8. The second-order valence-electron chi connectivity index (χ2n) is 5.73. The molecule has 0 aliphatic carbocycles. The van der Waals surface area contributed by atoms with Gasteiger partial charge in [-0.2, -0.15) is 13.2 Å². The number of rotatable bonds is 4. The number of halogens is 4. The summed E-state index contributed by atoms with van der Waals surface area (Å²) in [6, 6.07) is 7.91. The van der Waals surface area contributed by atoms with Gasteiger partial charge in [0.05, 0.1) is 11.3 Å². The van der Waals surface area contributed by atoms with Gasteiger partial charge in [0.25, 0.3) is 0 Å². The molecule has 0 fully saturated rings. The Morgan fingerprint density at radius 2 is 1.84 bits per heavy atom. The van der Waals surface area contributed by atoms with E-state index in [9.17, 15) is 22.4 Å². The highest BCUT2D eigenvalue weighted by Gasteiger charge is 2.35. The lowest BCUT2D eigenvalue weighted by Gasteiger charge is -2.13. The number of urea groups is 1. The first kappa shape index (κ1) is 18.8. The van der Waals surface area contributed by atoms with E-state index in [0.29, 0.717) is 12.5 Å². The lowest BCUT2D eigenvalue weighted by atomic mass is 10.0. The smallest absolute Gasteiger partial charge is 0.338 e.